The second kappa shape index (κ2) is 8.31. The van der Waals surface area contributed by atoms with Crippen molar-refractivity contribution in [2.45, 2.75) is 38.6 Å². The Bertz CT molecular complexity index is 469. The summed E-state index contributed by atoms with van der Waals surface area (Å²) in [7, 11) is 3.10. The first kappa shape index (κ1) is 17.9. The highest BCUT2D eigenvalue weighted by Crippen LogP contribution is 2.17. The van der Waals surface area contributed by atoms with E-state index in [2.05, 4.69) is 5.32 Å². The highest BCUT2D eigenvalue weighted by molar-refractivity contribution is 6.15. The maximum atomic E-state index is 12.5. The van der Waals surface area contributed by atoms with E-state index in [1.54, 1.807) is 7.05 Å². The quantitative estimate of drug-likeness (QED) is 0.643. The van der Waals surface area contributed by atoms with Crippen LogP contribution in [0.3, 0.4) is 0 Å². The van der Waals surface area contributed by atoms with Crippen molar-refractivity contribution in [2.75, 3.05) is 20.6 Å². The molecule has 0 radical (unpaired) electrons. The van der Waals surface area contributed by atoms with E-state index in [0.717, 1.165) is 17.7 Å². The minimum absolute atomic E-state index is 0.167. The number of rotatable bonds is 8. The predicted octanol–water partition coefficient (Wildman–Crippen LogP) is 0.0647. The van der Waals surface area contributed by atoms with Crippen molar-refractivity contribution in [3.8, 4) is 0 Å². The van der Waals surface area contributed by atoms with Gasteiger partial charge in [-0.3, -0.25) is 24.1 Å². The number of nitrogens with zero attached hydrogens (tertiary/aromatic N) is 2. The van der Waals surface area contributed by atoms with Gasteiger partial charge in [0.2, 0.25) is 11.8 Å². The summed E-state index contributed by atoms with van der Waals surface area (Å²) in [5.74, 6) is -1.40. The molecule has 0 fully saturated rings. The maximum absolute atomic E-state index is 12.5. The topological polar surface area (TPSA) is 86.8 Å². The average molecular weight is 309 g/mol. The minimum Gasteiger partial charge on any atom is -0.359 e. The molecule has 1 aliphatic heterocycles. The van der Waals surface area contributed by atoms with Crippen molar-refractivity contribution in [3.05, 3.63) is 12.2 Å². The van der Waals surface area contributed by atoms with E-state index in [1.165, 1.54) is 24.1 Å². The third-order valence-corrected chi connectivity index (χ3v) is 3.60. The molecule has 1 rings (SSSR count). The second-order valence-electron chi connectivity index (χ2n) is 5.22. The summed E-state index contributed by atoms with van der Waals surface area (Å²) in [4.78, 5) is 49.8. The fraction of sp³-hybridized carbons (Fsp3) is 0.600. The third-order valence-electron chi connectivity index (χ3n) is 3.60. The number of amides is 4. The SMILES string of the molecule is CCCCC(C(=O)N(C)CCC(=O)NC)N1C(=O)C=CC1=O. The smallest absolute Gasteiger partial charge is 0.254 e. The Morgan fingerprint density at radius 3 is 2.36 bits per heavy atom. The lowest BCUT2D eigenvalue weighted by molar-refractivity contribution is -0.149. The number of likely N-dealkylation sites (N-methyl/N-ethyl adjacent to an activating group) is 1. The summed E-state index contributed by atoms with van der Waals surface area (Å²) in [6.07, 6.45) is 4.56. The van der Waals surface area contributed by atoms with E-state index in [9.17, 15) is 19.2 Å². The van der Waals surface area contributed by atoms with E-state index in [-0.39, 0.29) is 24.8 Å². The van der Waals surface area contributed by atoms with Crippen LogP contribution >= 0.6 is 0 Å². The molecule has 4 amide bonds. The normalized spacial score (nSPS) is 15.1. The third kappa shape index (κ3) is 4.41. The monoisotopic (exact) mass is 309 g/mol. The molecular weight excluding hydrogens is 286 g/mol. The molecule has 1 atom stereocenters. The molecule has 0 spiro atoms. The molecule has 22 heavy (non-hydrogen) atoms. The Morgan fingerprint density at radius 2 is 1.86 bits per heavy atom. The molecule has 0 aliphatic carbocycles. The van der Waals surface area contributed by atoms with Gasteiger partial charge in [-0.25, -0.2) is 0 Å². The first-order valence-corrected chi connectivity index (χ1v) is 7.43. The molecule has 1 unspecified atom stereocenters. The minimum atomic E-state index is -0.801. The number of nitrogens with one attached hydrogen (secondary N) is 1. The summed E-state index contributed by atoms with van der Waals surface area (Å²) in [5, 5.41) is 2.49. The van der Waals surface area contributed by atoms with Crippen molar-refractivity contribution in [3.63, 3.8) is 0 Å². The summed E-state index contributed by atoms with van der Waals surface area (Å²) in [6, 6.07) is -0.801. The molecule has 0 aromatic rings. The number of carbonyl (C=O) groups is 4. The highest BCUT2D eigenvalue weighted by atomic mass is 16.2. The summed E-state index contributed by atoms with van der Waals surface area (Å²) in [5.41, 5.74) is 0. The van der Waals surface area contributed by atoms with Crippen LogP contribution < -0.4 is 5.32 Å². The van der Waals surface area contributed by atoms with E-state index in [0.29, 0.717) is 6.42 Å². The highest BCUT2D eigenvalue weighted by Gasteiger charge is 2.36. The number of hydrogen-bond acceptors (Lipinski definition) is 4. The van der Waals surface area contributed by atoms with Crippen molar-refractivity contribution in [1.82, 2.24) is 15.1 Å². The second-order valence-corrected chi connectivity index (χ2v) is 5.22. The van der Waals surface area contributed by atoms with E-state index < -0.39 is 17.9 Å². The largest absolute Gasteiger partial charge is 0.359 e. The van der Waals surface area contributed by atoms with Crippen LogP contribution in [0.1, 0.15) is 32.6 Å². The molecule has 1 N–H and O–H groups in total. The molecule has 122 valence electrons. The molecular formula is C15H23N3O4. The summed E-state index contributed by atoms with van der Waals surface area (Å²) < 4.78 is 0. The summed E-state index contributed by atoms with van der Waals surface area (Å²) in [6.45, 7) is 2.22. The zero-order chi connectivity index (χ0) is 16.7. The van der Waals surface area contributed by atoms with E-state index in [1.807, 2.05) is 6.92 Å². The molecule has 1 heterocycles. The number of unbranched alkanes of at least 4 members (excludes halogenated alkanes) is 1. The van der Waals surface area contributed by atoms with Gasteiger partial charge in [-0.1, -0.05) is 19.8 Å². The lowest BCUT2D eigenvalue weighted by Crippen LogP contribution is -2.50. The molecule has 0 aromatic carbocycles. The number of carbonyl (C=O) groups excluding carboxylic acids is 4. The van der Waals surface area contributed by atoms with Crippen LogP contribution in [0.2, 0.25) is 0 Å². The van der Waals surface area contributed by atoms with Crippen LogP contribution in [0.15, 0.2) is 12.2 Å². The Labute approximate surface area is 130 Å². The van der Waals surface area contributed by atoms with Crippen LogP contribution in [-0.2, 0) is 19.2 Å². The van der Waals surface area contributed by atoms with Crippen molar-refractivity contribution in [2.24, 2.45) is 0 Å². The van der Waals surface area contributed by atoms with Gasteiger partial charge in [0.1, 0.15) is 6.04 Å². The molecule has 7 heteroatoms. The number of imide groups is 1. The van der Waals surface area contributed by atoms with Crippen LogP contribution in [0.25, 0.3) is 0 Å². The zero-order valence-electron chi connectivity index (χ0n) is 13.3. The fourth-order valence-corrected chi connectivity index (χ4v) is 2.24. The van der Waals surface area contributed by atoms with Gasteiger partial charge in [0.05, 0.1) is 0 Å². The molecule has 7 nitrogen and oxygen atoms in total. The Kier molecular flexibility index (Phi) is 6.75. The van der Waals surface area contributed by atoms with Gasteiger partial charge in [0.25, 0.3) is 11.8 Å². The molecule has 0 saturated heterocycles. The van der Waals surface area contributed by atoms with Gasteiger partial charge in [0, 0.05) is 39.2 Å². The molecule has 0 bridgehead atoms. The van der Waals surface area contributed by atoms with Crippen LogP contribution in [0.5, 0.6) is 0 Å². The van der Waals surface area contributed by atoms with Crippen molar-refractivity contribution >= 4 is 23.6 Å². The summed E-state index contributed by atoms with van der Waals surface area (Å²) >= 11 is 0. The van der Waals surface area contributed by atoms with Gasteiger partial charge in [-0.05, 0) is 6.42 Å². The van der Waals surface area contributed by atoms with Gasteiger partial charge >= 0.3 is 0 Å². The van der Waals surface area contributed by atoms with Crippen LogP contribution in [0.4, 0.5) is 0 Å². The predicted molar refractivity (Wildman–Crippen MR) is 80.6 cm³/mol. The van der Waals surface area contributed by atoms with E-state index in [4.69, 9.17) is 0 Å². The van der Waals surface area contributed by atoms with Crippen molar-refractivity contribution < 1.29 is 19.2 Å². The lowest BCUT2D eigenvalue weighted by atomic mass is 10.1. The number of hydrogen-bond donors (Lipinski definition) is 1. The Balaban J connectivity index is 2.78. The Morgan fingerprint density at radius 1 is 1.27 bits per heavy atom. The molecule has 1 aliphatic rings. The van der Waals surface area contributed by atoms with Gasteiger partial charge < -0.3 is 10.2 Å². The van der Waals surface area contributed by atoms with Crippen LogP contribution in [-0.4, -0.2) is 60.1 Å². The zero-order valence-corrected chi connectivity index (χ0v) is 13.3. The van der Waals surface area contributed by atoms with Gasteiger partial charge in [0.15, 0.2) is 0 Å². The van der Waals surface area contributed by atoms with Gasteiger partial charge in [-0.15, -0.1) is 0 Å². The Hall–Kier alpha value is -2.18. The molecule has 0 saturated carbocycles. The fourth-order valence-electron chi connectivity index (χ4n) is 2.24. The standard InChI is InChI=1S/C15H23N3O4/c1-4-5-6-11(18-13(20)7-8-14(18)21)15(22)17(3)10-9-12(19)16-2/h7-8,11H,4-6,9-10H2,1-3H3,(H,16,19). The first-order chi connectivity index (χ1) is 10.4. The van der Waals surface area contributed by atoms with E-state index >= 15 is 0 Å². The lowest BCUT2D eigenvalue weighted by Gasteiger charge is -2.29. The van der Waals surface area contributed by atoms with Gasteiger partial charge in [-0.2, -0.15) is 0 Å². The first-order valence-electron chi connectivity index (χ1n) is 7.43. The average Bonchev–Trinajstić information content (AvgIpc) is 2.84. The molecule has 0 aromatic heterocycles. The van der Waals surface area contributed by atoms with Crippen molar-refractivity contribution in [1.29, 1.82) is 0 Å². The maximum Gasteiger partial charge on any atom is 0.254 e. The van der Waals surface area contributed by atoms with Crippen LogP contribution in [0, 0.1) is 0 Å².